The topological polar surface area (TPSA) is 78.7 Å². The normalized spacial score (nSPS) is 14.9. The molecule has 1 aliphatic carbocycles. The van der Waals surface area contributed by atoms with Crippen LogP contribution in [0.3, 0.4) is 0 Å². The van der Waals surface area contributed by atoms with Gasteiger partial charge in [0.05, 0.1) is 22.5 Å². The lowest BCUT2D eigenvalue weighted by molar-refractivity contribution is -0.113. The van der Waals surface area contributed by atoms with Crippen molar-refractivity contribution in [3.63, 3.8) is 0 Å². The van der Waals surface area contributed by atoms with Gasteiger partial charge in [0.1, 0.15) is 11.1 Å². The molecule has 0 bridgehead atoms. The number of rotatable bonds is 5. The zero-order valence-corrected chi connectivity index (χ0v) is 18.8. The van der Waals surface area contributed by atoms with Gasteiger partial charge in [0, 0.05) is 17.3 Å². The monoisotopic (exact) mass is 450 g/mol. The second-order valence-electron chi connectivity index (χ2n) is 8.12. The number of hydrogen-bond donors (Lipinski definition) is 1. The summed E-state index contributed by atoms with van der Waals surface area (Å²) in [6.07, 6.45) is 4.54. The smallest absolute Gasteiger partial charge is 0.234 e. The van der Waals surface area contributed by atoms with Crippen LogP contribution >= 0.6 is 11.8 Å². The number of carbonyl (C=O) groups excluding carboxylic acids is 1. The number of nitriles is 1. The number of nitrogens with zero attached hydrogens (tertiary/aromatic N) is 3. The van der Waals surface area contributed by atoms with Crippen LogP contribution in [-0.4, -0.2) is 21.6 Å². The molecular formula is C27H22N4OS. The minimum atomic E-state index is -0.135. The van der Waals surface area contributed by atoms with Gasteiger partial charge in [0.15, 0.2) is 0 Å². The summed E-state index contributed by atoms with van der Waals surface area (Å²) < 4.78 is 0. The summed E-state index contributed by atoms with van der Waals surface area (Å²) in [4.78, 5) is 21.8. The Hall–Kier alpha value is -3.69. The van der Waals surface area contributed by atoms with Gasteiger partial charge in [-0.25, -0.2) is 4.98 Å². The van der Waals surface area contributed by atoms with E-state index < -0.39 is 0 Å². The Morgan fingerprint density at radius 2 is 2.00 bits per heavy atom. The number of amides is 1. The summed E-state index contributed by atoms with van der Waals surface area (Å²) in [5.74, 6) is 0.499. The fourth-order valence-corrected chi connectivity index (χ4v) is 5.15. The molecule has 0 fully saturated rings. The first-order chi connectivity index (χ1) is 16.2. The van der Waals surface area contributed by atoms with Crippen molar-refractivity contribution in [1.82, 2.24) is 9.97 Å². The molecular weight excluding hydrogens is 428 g/mol. The van der Waals surface area contributed by atoms with Crippen LogP contribution in [0.15, 0.2) is 78.0 Å². The van der Waals surface area contributed by atoms with Crippen molar-refractivity contribution in [2.24, 2.45) is 0 Å². The third-order valence-corrected chi connectivity index (χ3v) is 6.99. The first kappa shape index (κ1) is 21.2. The molecule has 0 spiro atoms. The van der Waals surface area contributed by atoms with E-state index in [9.17, 15) is 10.1 Å². The number of carbonyl (C=O) groups is 1. The van der Waals surface area contributed by atoms with Gasteiger partial charge in [-0.05, 0) is 66.6 Å². The molecule has 5 nitrogen and oxygen atoms in total. The number of benzene rings is 2. The Labute approximate surface area is 196 Å². The molecule has 0 unspecified atom stereocenters. The van der Waals surface area contributed by atoms with Crippen LogP contribution in [-0.2, 0) is 17.6 Å². The molecule has 6 heteroatoms. The average Bonchev–Trinajstić information content (AvgIpc) is 2.87. The van der Waals surface area contributed by atoms with Gasteiger partial charge >= 0.3 is 0 Å². The van der Waals surface area contributed by atoms with Crippen molar-refractivity contribution in [3.05, 3.63) is 95.3 Å². The average molecular weight is 451 g/mol. The lowest BCUT2D eigenvalue weighted by atomic mass is 9.82. The standard InChI is InChI=1S/C27H22N4OS/c28-16-21-15-20-14-19(18-6-2-1-3-7-18)11-12-23(20)31-27(21)33-17-26(32)30-25-10-4-9-24-22(25)8-5-13-29-24/h1-10,13,15,19H,11-12,14,17H2,(H,30,32)/t19-/m1/s1. The van der Waals surface area contributed by atoms with Crippen molar-refractivity contribution in [2.45, 2.75) is 30.2 Å². The molecule has 162 valence electrons. The molecule has 5 rings (SSSR count). The molecule has 2 aromatic carbocycles. The lowest BCUT2D eigenvalue weighted by Gasteiger charge is -2.25. The van der Waals surface area contributed by atoms with E-state index in [1.165, 1.54) is 17.3 Å². The number of aromatic nitrogens is 2. The van der Waals surface area contributed by atoms with Crippen LogP contribution in [0, 0.1) is 11.3 Å². The highest BCUT2D eigenvalue weighted by atomic mass is 32.2. The highest BCUT2D eigenvalue weighted by Crippen LogP contribution is 2.34. The number of anilines is 1. The lowest BCUT2D eigenvalue weighted by Crippen LogP contribution is -2.16. The Morgan fingerprint density at radius 1 is 1.12 bits per heavy atom. The van der Waals surface area contributed by atoms with Gasteiger partial charge in [-0.3, -0.25) is 9.78 Å². The van der Waals surface area contributed by atoms with Crippen LogP contribution in [0.25, 0.3) is 10.9 Å². The van der Waals surface area contributed by atoms with Gasteiger partial charge in [-0.15, -0.1) is 0 Å². The molecule has 4 aromatic rings. The Morgan fingerprint density at radius 3 is 2.85 bits per heavy atom. The van der Waals surface area contributed by atoms with Gasteiger partial charge in [-0.2, -0.15) is 5.26 Å². The zero-order valence-electron chi connectivity index (χ0n) is 18.0. The van der Waals surface area contributed by atoms with Gasteiger partial charge in [0.25, 0.3) is 0 Å². The van der Waals surface area contributed by atoms with Crippen molar-refractivity contribution in [3.8, 4) is 6.07 Å². The fraction of sp³-hybridized carbons (Fsp3) is 0.185. The zero-order chi connectivity index (χ0) is 22.6. The van der Waals surface area contributed by atoms with Crippen LogP contribution in [0.5, 0.6) is 0 Å². The number of thioether (sulfide) groups is 1. The highest BCUT2D eigenvalue weighted by Gasteiger charge is 2.23. The van der Waals surface area contributed by atoms with E-state index in [1.54, 1.807) is 6.20 Å². The first-order valence-corrected chi connectivity index (χ1v) is 11.9. The number of pyridine rings is 2. The van der Waals surface area contributed by atoms with Crippen molar-refractivity contribution in [1.29, 1.82) is 5.26 Å². The van der Waals surface area contributed by atoms with Crippen LogP contribution in [0.1, 0.15) is 34.7 Å². The highest BCUT2D eigenvalue weighted by molar-refractivity contribution is 8.00. The maximum Gasteiger partial charge on any atom is 0.234 e. The third-order valence-electron chi connectivity index (χ3n) is 6.00. The van der Waals surface area contributed by atoms with E-state index in [0.717, 1.165) is 47.1 Å². The molecule has 1 amide bonds. The number of fused-ring (bicyclic) bond motifs is 2. The van der Waals surface area contributed by atoms with Crippen molar-refractivity contribution < 1.29 is 4.79 Å². The third kappa shape index (κ3) is 4.59. The summed E-state index contributed by atoms with van der Waals surface area (Å²) in [6.45, 7) is 0. The van der Waals surface area contributed by atoms with E-state index in [0.29, 0.717) is 16.5 Å². The summed E-state index contributed by atoms with van der Waals surface area (Å²) >= 11 is 1.31. The summed E-state index contributed by atoms with van der Waals surface area (Å²) in [6, 6.07) is 24.2. The van der Waals surface area contributed by atoms with E-state index in [2.05, 4.69) is 40.6 Å². The minimum Gasteiger partial charge on any atom is -0.325 e. The van der Waals surface area contributed by atoms with Gasteiger partial charge in [0.2, 0.25) is 5.91 Å². The van der Waals surface area contributed by atoms with Crippen LogP contribution in [0.2, 0.25) is 0 Å². The van der Waals surface area contributed by atoms with E-state index in [4.69, 9.17) is 4.98 Å². The molecule has 1 aliphatic rings. The molecule has 0 aliphatic heterocycles. The van der Waals surface area contributed by atoms with E-state index in [-0.39, 0.29) is 11.7 Å². The molecule has 2 aromatic heterocycles. The second kappa shape index (κ2) is 9.43. The van der Waals surface area contributed by atoms with Crippen LogP contribution < -0.4 is 5.32 Å². The number of aryl methyl sites for hydroxylation is 1. The SMILES string of the molecule is N#Cc1cc2c(nc1SCC(=O)Nc1cccc3ncccc13)CC[C@@H](c1ccccc1)C2. The van der Waals surface area contributed by atoms with Gasteiger partial charge in [-0.1, -0.05) is 48.2 Å². The molecule has 1 N–H and O–H groups in total. The first-order valence-electron chi connectivity index (χ1n) is 11.0. The predicted octanol–water partition coefficient (Wildman–Crippen LogP) is 5.50. The number of nitrogens with one attached hydrogen (secondary N) is 1. The largest absolute Gasteiger partial charge is 0.325 e. The van der Waals surface area contributed by atoms with E-state index in [1.807, 2.05) is 42.5 Å². The molecule has 2 heterocycles. The van der Waals surface area contributed by atoms with Crippen molar-refractivity contribution >= 4 is 34.3 Å². The van der Waals surface area contributed by atoms with Gasteiger partial charge < -0.3 is 5.32 Å². The molecule has 0 saturated heterocycles. The minimum absolute atomic E-state index is 0.135. The quantitative estimate of drug-likeness (QED) is 0.406. The second-order valence-corrected chi connectivity index (χ2v) is 9.09. The summed E-state index contributed by atoms with van der Waals surface area (Å²) in [7, 11) is 0. The predicted molar refractivity (Wildman–Crippen MR) is 131 cm³/mol. The van der Waals surface area contributed by atoms with Crippen molar-refractivity contribution in [2.75, 3.05) is 11.1 Å². The molecule has 1 atom stereocenters. The fourth-order valence-electron chi connectivity index (χ4n) is 4.38. The maximum atomic E-state index is 12.7. The number of hydrogen-bond acceptors (Lipinski definition) is 5. The van der Waals surface area contributed by atoms with Crippen LogP contribution in [0.4, 0.5) is 5.69 Å². The Kier molecular flexibility index (Phi) is 6.05. The maximum absolute atomic E-state index is 12.7. The van der Waals surface area contributed by atoms with E-state index >= 15 is 0 Å². The molecule has 33 heavy (non-hydrogen) atoms. The molecule has 0 saturated carbocycles. The summed E-state index contributed by atoms with van der Waals surface area (Å²) in [5, 5.41) is 14.2. The molecule has 0 radical (unpaired) electrons. The Balaban J connectivity index is 1.29. The summed E-state index contributed by atoms with van der Waals surface area (Å²) in [5.41, 5.74) is 5.62. The Bertz CT molecular complexity index is 1360.